The van der Waals surface area contributed by atoms with Crippen LogP contribution in [0.1, 0.15) is 27.7 Å². The van der Waals surface area contributed by atoms with Crippen LogP contribution in [0.5, 0.6) is 0 Å². The minimum atomic E-state index is 0.0700. The Bertz CT molecular complexity index is 526. The van der Waals surface area contributed by atoms with Gasteiger partial charge in [0.05, 0.1) is 5.92 Å². The van der Waals surface area contributed by atoms with Gasteiger partial charge in [0, 0.05) is 10.6 Å². The van der Waals surface area contributed by atoms with E-state index in [2.05, 4.69) is 39.1 Å². The SMILES string of the molecule is CSc1ccc(NC(=O)[C@@H]2[C@@H](C=C(C)C)C2(C)C)cc1. The van der Waals surface area contributed by atoms with Gasteiger partial charge in [0.1, 0.15) is 0 Å². The maximum Gasteiger partial charge on any atom is 0.228 e. The van der Waals surface area contributed by atoms with Crippen LogP contribution >= 0.6 is 11.8 Å². The topological polar surface area (TPSA) is 29.1 Å². The molecule has 0 radical (unpaired) electrons. The van der Waals surface area contributed by atoms with Crippen LogP contribution in [0.15, 0.2) is 40.8 Å². The number of allylic oxidation sites excluding steroid dienone is 2. The molecule has 0 bridgehead atoms. The zero-order chi connectivity index (χ0) is 14.9. The van der Waals surface area contributed by atoms with Gasteiger partial charge in [-0.15, -0.1) is 11.8 Å². The second-order valence-electron chi connectivity index (χ2n) is 6.29. The van der Waals surface area contributed by atoms with Gasteiger partial charge in [-0.1, -0.05) is 25.5 Å². The Balaban J connectivity index is 2.04. The van der Waals surface area contributed by atoms with Gasteiger partial charge >= 0.3 is 0 Å². The standard InChI is InChI=1S/C17H23NOS/c1-11(2)10-14-15(17(14,3)4)16(19)18-12-6-8-13(20-5)9-7-12/h6-10,14-15H,1-5H3,(H,18,19)/t14-,15+/m1/s1. The molecule has 20 heavy (non-hydrogen) atoms. The van der Waals surface area contributed by atoms with Gasteiger partial charge in [-0.2, -0.15) is 0 Å². The first-order chi connectivity index (χ1) is 9.36. The fraction of sp³-hybridized carbons (Fsp3) is 0.471. The zero-order valence-electron chi connectivity index (χ0n) is 12.9. The summed E-state index contributed by atoms with van der Waals surface area (Å²) in [5, 5.41) is 3.04. The van der Waals surface area contributed by atoms with Crippen LogP contribution in [0.25, 0.3) is 0 Å². The van der Waals surface area contributed by atoms with Crippen LogP contribution < -0.4 is 5.32 Å². The molecule has 2 nitrogen and oxygen atoms in total. The highest BCUT2D eigenvalue weighted by molar-refractivity contribution is 7.98. The molecule has 0 aliphatic heterocycles. The van der Waals surface area contributed by atoms with Crippen molar-refractivity contribution in [1.29, 1.82) is 0 Å². The first kappa shape index (κ1) is 15.2. The molecule has 2 atom stereocenters. The van der Waals surface area contributed by atoms with Crippen molar-refractivity contribution in [1.82, 2.24) is 0 Å². The van der Waals surface area contributed by atoms with Crippen LogP contribution in [-0.4, -0.2) is 12.2 Å². The molecule has 1 aromatic carbocycles. The van der Waals surface area contributed by atoms with Crippen molar-refractivity contribution in [2.75, 3.05) is 11.6 Å². The number of anilines is 1. The molecule has 1 aliphatic rings. The summed E-state index contributed by atoms with van der Waals surface area (Å²) in [4.78, 5) is 13.6. The van der Waals surface area contributed by atoms with E-state index in [4.69, 9.17) is 0 Å². The molecule has 2 rings (SSSR count). The molecule has 1 fully saturated rings. The molecule has 1 amide bonds. The summed E-state index contributed by atoms with van der Waals surface area (Å²) in [5.74, 6) is 0.574. The number of thioether (sulfide) groups is 1. The van der Waals surface area contributed by atoms with Gasteiger partial charge in [0.2, 0.25) is 5.91 Å². The van der Waals surface area contributed by atoms with Gasteiger partial charge in [-0.05, 0) is 55.7 Å². The molecule has 1 aliphatic carbocycles. The summed E-state index contributed by atoms with van der Waals surface area (Å²) in [6, 6.07) is 8.00. The molecular weight excluding hydrogens is 266 g/mol. The van der Waals surface area contributed by atoms with E-state index in [0.717, 1.165) is 5.69 Å². The molecule has 1 N–H and O–H groups in total. The number of carbonyl (C=O) groups excluding carboxylic acids is 1. The van der Waals surface area contributed by atoms with Crippen molar-refractivity contribution in [2.24, 2.45) is 17.3 Å². The maximum absolute atomic E-state index is 12.4. The largest absolute Gasteiger partial charge is 0.326 e. The summed E-state index contributed by atoms with van der Waals surface area (Å²) < 4.78 is 0. The molecule has 1 saturated carbocycles. The Labute approximate surface area is 126 Å². The second kappa shape index (κ2) is 5.65. The summed E-state index contributed by atoms with van der Waals surface area (Å²) in [6.45, 7) is 8.51. The first-order valence-corrected chi connectivity index (χ1v) is 8.18. The van der Waals surface area contributed by atoms with Crippen molar-refractivity contribution < 1.29 is 4.79 Å². The highest BCUT2D eigenvalue weighted by Gasteiger charge is 2.60. The van der Waals surface area contributed by atoms with Crippen LogP contribution in [0.3, 0.4) is 0 Å². The van der Waals surface area contributed by atoms with E-state index in [9.17, 15) is 4.79 Å². The molecule has 0 aromatic heterocycles. The predicted octanol–water partition coefficient (Wildman–Crippen LogP) is 4.59. The molecule has 0 spiro atoms. The lowest BCUT2D eigenvalue weighted by Crippen LogP contribution is -2.16. The van der Waals surface area contributed by atoms with Gasteiger partial charge in [0.25, 0.3) is 0 Å². The second-order valence-corrected chi connectivity index (χ2v) is 7.17. The number of hydrogen-bond acceptors (Lipinski definition) is 2. The highest BCUT2D eigenvalue weighted by atomic mass is 32.2. The maximum atomic E-state index is 12.4. The molecule has 1 aromatic rings. The monoisotopic (exact) mass is 289 g/mol. The summed E-state index contributed by atoms with van der Waals surface area (Å²) in [6.07, 6.45) is 4.27. The van der Waals surface area contributed by atoms with E-state index >= 15 is 0 Å². The Morgan fingerprint density at radius 3 is 2.35 bits per heavy atom. The van der Waals surface area contributed by atoms with E-state index in [1.165, 1.54) is 10.5 Å². The van der Waals surface area contributed by atoms with Crippen molar-refractivity contribution in [3.05, 3.63) is 35.9 Å². The summed E-state index contributed by atoms with van der Waals surface area (Å²) in [7, 11) is 0. The van der Waals surface area contributed by atoms with Crippen LogP contribution in [0.4, 0.5) is 5.69 Å². The van der Waals surface area contributed by atoms with E-state index in [1.807, 2.05) is 30.5 Å². The minimum absolute atomic E-state index is 0.0700. The first-order valence-electron chi connectivity index (χ1n) is 6.96. The quantitative estimate of drug-likeness (QED) is 0.649. The van der Waals surface area contributed by atoms with E-state index < -0.39 is 0 Å². The third-order valence-corrected chi connectivity index (χ3v) is 4.81. The average molecular weight is 289 g/mol. The normalized spacial score (nSPS) is 23.1. The van der Waals surface area contributed by atoms with Gasteiger partial charge in [-0.25, -0.2) is 0 Å². The van der Waals surface area contributed by atoms with Gasteiger partial charge in [0.15, 0.2) is 0 Å². The average Bonchev–Trinajstić information content (AvgIpc) is 2.91. The Kier molecular flexibility index (Phi) is 4.28. The third-order valence-electron chi connectivity index (χ3n) is 4.06. The number of hydrogen-bond donors (Lipinski definition) is 1. The lowest BCUT2D eigenvalue weighted by atomic mass is 10.1. The van der Waals surface area contributed by atoms with Crippen molar-refractivity contribution in [3.8, 4) is 0 Å². The zero-order valence-corrected chi connectivity index (χ0v) is 13.7. The van der Waals surface area contributed by atoms with E-state index in [-0.39, 0.29) is 17.2 Å². The summed E-state index contributed by atoms with van der Waals surface area (Å²) >= 11 is 1.70. The number of carbonyl (C=O) groups is 1. The van der Waals surface area contributed by atoms with Crippen LogP contribution in [0.2, 0.25) is 0 Å². The lowest BCUT2D eigenvalue weighted by Gasteiger charge is -2.06. The Hall–Kier alpha value is -1.22. The Morgan fingerprint density at radius 1 is 1.25 bits per heavy atom. The van der Waals surface area contributed by atoms with Crippen LogP contribution in [-0.2, 0) is 4.79 Å². The fourth-order valence-electron chi connectivity index (χ4n) is 2.74. The molecule has 3 heteroatoms. The van der Waals surface area contributed by atoms with Crippen molar-refractivity contribution >= 4 is 23.4 Å². The Morgan fingerprint density at radius 2 is 1.85 bits per heavy atom. The highest BCUT2D eigenvalue weighted by Crippen LogP contribution is 2.59. The number of amides is 1. The van der Waals surface area contributed by atoms with E-state index in [1.54, 1.807) is 11.8 Å². The predicted molar refractivity (Wildman–Crippen MR) is 87.0 cm³/mol. The number of benzene rings is 1. The third kappa shape index (κ3) is 3.09. The van der Waals surface area contributed by atoms with Crippen molar-refractivity contribution in [3.63, 3.8) is 0 Å². The fourth-order valence-corrected chi connectivity index (χ4v) is 3.15. The van der Waals surface area contributed by atoms with Gasteiger partial charge in [-0.3, -0.25) is 4.79 Å². The summed E-state index contributed by atoms with van der Waals surface area (Å²) in [5.41, 5.74) is 2.23. The minimum Gasteiger partial charge on any atom is -0.326 e. The molecule has 0 heterocycles. The molecular formula is C17H23NOS. The van der Waals surface area contributed by atoms with Crippen LogP contribution in [0, 0.1) is 17.3 Å². The molecule has 0 saturated heterocycles. The lowest BCUT2D eigenvalue weighted by molar-refractivity contribution is -0.118. The van der Waals surface area contributed by atoms with Crippen molar-refractivity contribution in [2.45, 2.75) is 32.6 Å². The van der Waals surface area contributed by atoms with Gasteiger partial charge < -0.3 is 5.32 Å². The number of nitrogens with one attached hydrogen (secondary N) is 1. The smallest absolute Gasteiger partial charge is 0.228 e. The molecule has 0 unspecified atom stereocenters. The van der Waals surface area contributed by atoms with E-state index in [0.29, 0.717) is 5.92 Å². The number of rotatable bonds is 4. The molecule has 108 valence electrons.